The predicted molar refractivity (Wildman–Crippen MR) is 107 cm³/mol. The lowest BCUT2D eigenvalue weighted by Gasteiger charge is -2.13. The maximum atomic E-state index is 4.61. The first-order valence-electron chi connectivity index (χ1n) is 7.37. The number of benzene rings is 1. The van der Waals surface area contributed by atoms with Gasteiger partial charge in [-0.05, 0) is 47.2 Å². The molecule has 1 aromatic carbocycles. The maximum Gasteiger partial charge on any atom is 0.0724 e. The lowest BCUT2D eigenvalue weighted by atomic mass is 10.1. The Morgan fingerprint density at radius 1 is 0.667 bits per heavy atom. The normalized spacial score (nSPS) is 10.8. The highest BCUT2D eigenvalue weighted by atomic mass is 32.2. The Morgan fingerprint density at radius 2 is 1.33 bits per heavy atom. The fourth-order valence-corrected chi connectivity index (χ4v) is 6.18. The van der Waals surface area contributed by atoms with Gasteiger partial charge in [0.05, 0.1) is 14.1 Å². The quantitative estimate of drug-likeness (QED) is 0.362. The van der Waals surface area contributed by atoms with E-state index in [-0.39, 0.29) is 0 Å². The van der Waals surface area contributed by atoms with E-state index in [1.807, 2.05) is 35.8 Å². The van der Waals surface area contributed by atoms with Crippen molar-refractivity contribution in [3.05, 3.63) is 77.6 Å². The lowest BCUT2D eigenvalue weighted by molar-refractivity contribution is 1.24. The fourth-order valence-electron chi connectivity index (χ4n) is 2.30. The molecule has 118 valence electrons. The fraction of sp³-hybridized carbons (Fsp3) is 0. The second kappa shape index (κ2) is 7.57. The summed E-state index contributed by atoms with van der Waals surface area (Å²) in [7, 11) is 0. The standard InChI is InChI=1S/C19H13NS4/c1-2-11-20-14(6-1)19-15(23-17-9-4-12-21-17)7-3-8-16(19)24-18-10-5-13-22-18/h1-13H. The van der Waals surface area contributed by atoms with E-state index >= 15 is 0 Å². The third kappa shape index (κ3) is 3.59. The van der Waals surface area contributed by atoms with Gasteiger partial charge in [-0.25, -0.2) is 0 Å². The summed E-state index contributed by atoms with van der Waals surface area (Å²) < 4.78 is 2.59. The molecule has 0 saturated heterocycles. The van der Waals surface area contributed by atoms with Crippen LogP contribution in [0.5, 0.6) is 0 Å². The highest BCUT2D eigenvalue weighted by molar-refractivity contribution is 8.02. The molecule has 0 saturated carbocycles. The van der Waals surface area contributed by atoms with Crippen LogP contribution in [0.4, 0.5) is 0 Å². The molecule has 0 fully saturated rings. The van der Waals surface area contributed by atoms with Crippen LogP contribution in [0.25, 0.3) is 11.3 Å². The van der Waals surface area contributed by atoms with Crippen LogP contribution in [0.2, 0.25) is 0 Å². The third-order valence-electron chi connectivity index (χ3n) is 3.32. The van der Waals surface area contributed by atoms with Crippen LogP contribution in [-0.4, -0.2) is 4.98 Å². The summed E-state index contributed by atoms with van der Waals surface area (Å²) in [5.41, 5.74) is 2.24. The molecule has 0 atom stereocenters. The van der Waals surface area contributed by atoms with Gasteiger partial charge in [-0.15, -0.1) is 22.7 Å². The zero-order valence-electron chi connectivity index (χ0n) is 12.6. The number of rotatable bonds is 5. The number of aromatic nitrogens is 1. The van der Waals surface area contributed by atoms with Gasteiger partial charge in [0, 0.05) is 21.6 Å². The molecular formula is C19H13NS4. The van der Waals surface area contributed by atoms with E-state index in [4.69, 9.17) is 0 Å². The molecule has 0 spiro atoms. The highest BCUT2D eigenvalue weighted by Crippen LogP contribution is 2.44. The number of nitrogens with zero attached hydrogens (tertiary/aromatic N) is 1. The van der Waals surface area contributed by atoms with Crippen LogP contribution >= 0.6 is 46.2 Å². The average Bonchev–Trinajstić information content (AvgIpc) is 3.30. The first-order chi connectivity index (χ1) is 11.9. The number of hydrogen-bond acceptors (Lipinski definition) is 5. The molecule has 3 aromatic heterocycles. The predicted octanol–water partition coefficient (Wildman–Crippen LogP) is 7.17. The third-order valence-corrected chi connectivity index (χ3v) is 7.52. The summed E-state index contributed by atoms with van der Waals surface area (Å²) in [6, 6.07) is 21.1. The second-order valence-electron chi connectivity index (χ2n) is 4.91. The van der Waals surface area contributed by atoms with Crippen molar-refractivity contribution < 1.29 is 0 Å². The summed E-state index contributed by atoms with van der Waals surface area (Å²) in [6.07, 6.45) is 1.86. The van der Waals surface area contributed by atoms with Gasteiger partial charge in [-0.1, -0.05) is 47.8 Å². The Kier molecular flexibility index (Phi) is 5.04. The Morgan fingerprint density at radius 3 is 1.83 bits per heavy atom. The number of pyridine rings is 1. The van der Waals surface area contributed by atoms with Crippen LogP contribution in [0.15, 0.2) is 95.8 Å². The Bertz CT molecular complexity index is 845. The molecule has 4 rings (SSSR count). The topological polar surface area (TPSA) is 12.9 Å². The second-order valence-corrected chi connectivity index (χ2v) is 9.49. The molecular weight excluding hydrogens is 370 g/mol. The monoisotopic (exact) mass is 383 g/mol. The van der Waals surface area contributed by atoms with Crippen molar-refractivity contribution in [1.82, 2.24) is 4.98 Å². The summed E-state index contributed by atoms with van der Waals surface area (Å²) in [6.45, 7) is 0. The molecule has 0 bridgehead atoms. The van der Waals surface area contributed by atoms with Gasteiger partial charge in [0.2, 0.25) is 0 Å². The Hall–Kier alpha value is -1.53. The van der Waals surface area contributed by atoms with Crippen molar-refractivity contribution in [3.63, 3.8) is 0 Å². The van der Waals surface area contributed by atoms with Gasteiger partial charge in [-0.2, -0.15) is 0 Å². The zero-order chi connectivity index (χ0) is 16.2. The van der Waals surface area contributed by atoms with Crippen molar-refractivity contribution in [1.29, 1.82) is 0 Å². The van der Waals surface area contributed by atoms with Crippen molar-refractivity contribution in [2.45, 2.75) is 18.2 Å². The molecule has 0 unspecified atom stereocenters. The van der Waals surface area contributed by atoms with Gasteiger partial charge < -0.3 is 0 Å². The molecule has 0 N–H and O–H groups in total. The minimum Gasteiger partial charge on any atom is -0.256 e. The molecule has 0 amide bonds. The lowest BCUT2D eigenvalue weighted by Crippen LogP contribution is -1.89. The zero-order valence-corrected chi connectivity index (χ0v) is 15.9. The molecule has 5 heteroatoms. The van der Waals surface area contributed by atoms with Crippen LogP contribution in [0, 0.1) is 0 Å². The van der Waals surface area contributed by atoms with E-state index in [2.05, 4.69) is 70.3 Å². The van der Waals surface area contributed by atoms with Crippen molar-refractivity contribution in [2.24, 2.45) is 0 Å². The minimum absolute atomic E-state index is 1.02. The Balaban J connectivity index is 1.81. The first-order valence-corrected chi connectivity index (χ1v) is 10.8. The summed E-state index contributed by atoms with van der Waals surface area (Å²) in [5, 5.41) is 4.24. The molecule has 4 aromatic rings. The van der Waals surface area contributed by atoms with Crippen LogP contribution < -0.4 is 0 Å². The van der Waals surface area contributed by atoms with E-state index in [0.29, 0.717) is 0 Å². The van der Waals surface area contributed by atoms with E-state index in [9.17, 15) is 0 Å². The summed E-state index contributed by atoms with van der Waals surface area (Å²) >= 11 is 7.16. The van der Waals surface area contributed by atoms with E-state index in [0.717, 1.165) is 5.69 Å². The van der Waals surface area contributed by atoms with Crippen molar-refractivity contribution in [2.75, 3.05) is 0 Å². The first kappa shape index (κ1) is 16.0. The van der Waals surface area contributed by atoms with Gasteiger partial charge in [0.15, 0.2) is 0 Å². The van der Waals surface area contributed by atoms with E-state index in [1.165, 1.54) is 23.8 Å². The maximum absolute atomic E-state index is 4.61. The van der Waals surface area contributed by atoms with Crippen LogP contribution in [0.3, 0.4) is 0 Å². The largest absolute Gasteiger partial charge is 0.256 e. The molecule has 0 aliphatic rings. The van der Waals surface area contributed by atoms with Crippen LogP contribution in [-0.2, 0) is 0 Å². The molecule has 0 aliphatic heterocycles. The summed E-state index contributed by atoms with van der Waals surface area (Å²) in [4.78, 5) is 7.10. The Labute approximate surface area is 157 Å². The molecule has 0 aliphatic carbocycles. The SMILES string of the molecule is c1ccc(-c2c(Sc3cccs3)cccc2Sc2cccs2)nc1. The highest BCUT2D eigenvalue weighted by Gasteiger charge is 2.14. The number of hydrogen-bond donors (Lipinski definition) is 0. The average molecular weight is 384 g/mol. The molecule has 3 heterocycles. The van der Waals surface area contributed by atoms with E-state index in [1.54, 1.807) is 22.7 Å². The summed E-state index contributed by atoms with van der Waals surface area (Å²) in [5.74, 6) is 0. The molecule has 0 radical (unpaired) electrons. The van der Waals surface area contributed by atoms with Gasteiger partial charge in [0.1, 0.15) is 0 Å². The van der Waals surface area contributed by atoms with Gasteiger partial charge in [0.25, 0.3) is 0 Å². The minimum atomic E-state index is 1.02. The molecule has 24 heavy (non-hydrogen) atoms. The number of thiophene rings is 2. The van der Waals surface area contributed by atoms with E-state index < -0.39 is 0 Å². The van der Waals surface area contributed by atoms with Gasteiger partial charge in [-0.3, -0.25) is 4.98 Å². The molecule has 1 nitrogen and oxygen atoms in total. The van der Waals surface area contributed by atoms with Crippen molar-refractivity contribution >= 4 is 46.2 Å². The van der Waals surface area contributed by atoms with Gasteiger partial charge >= 0.3 is 0 Å². The smallest absolute Gasteiger partial charge is 0.0724 e. The van der Waals surface area contributed by atoms with Crippen molar-refractivity contribution in [3.8, 4) is 11.3 Å². The van der Waals surface area contributed by atoms with Crippen LogP contribution in [0.1, 0.15) is 0 Å².